The van der Waals surface area contributed by atoms with Gasteiger partial charge in [0.2, 0.25) is 0 Å². The van der Waals surface area contributed by atoms with Gasteiger partial charge in [-0.15, -0.1) is 0 Å². The minimum absolute atomic E-state index is 0.185. The molecule has 2 heterocycles. The van der Waals surface area contributed by atoms with Crippen LogP contribution in [0.2, 0.25) is 0 Å². The number of rotatable bonds is 3. The van der Waals surface area contributed by atoms with Gasteiger partial charge in [-0.25, -0.2) is 8.78 Å². The lowest BCUT2D eigenvalue weighted by atomic mass is 10.0. The van der Waals surface area contributed by atoms with Gasteiger partial charge in [0.05, 0.1) is 16.7 Å². The van der Waals surface area contributed by atoms with Gasteiger partial charge in [0.1, 0.15) is 11.6 Å². The van der Waals surface area contributed by atoms with Crippen LogP contribution >= 0.6 is 0 Å². The predicted octanol–water partition coefficient (Wildman–Crippen LogP) is 2.57. The lowest BCUT2D eigenvalue weighted by Gasteiger charge is -2.35. The molecule has 0 saturated carbocycles. The maximum atomic E-state index is 13.9. The summed E-state index contributed by atoms with van der Waals surface area (Å²) in [6.07, 6.45) is 0. The van der Waals surface area contributed by atoms with Crippen LogP contribution in [0, 0.1) is 11.6 Å². The molecule has 2 aliphatic rings. The zero-order valence-electron chi connectivity index (χ0n) is 17.6. The number of fused-ring (bicyclic) bond motifs is 1. The number of piperazine rings is 1. The molecule has 0 bridgehead atoms. The molecule has 166 valence electrons. The second kappa shape index (κ2) is 8.14. The summed E-state index contributed by atoms with van der Waals surface area (Å²) in [7, 11) is 0. The molecule has 2 aromatic rings. The number of nitrogens with zero attached hydrogens (tertiary/aromatic N) is 3. The fourth-order valence-corrected chi connectivity index (χ4v) is 3.99. The Morgan fingerprint density at radius 3 is 2.00 bits per heavy atom. The lowest BCUT2D eigenvalue weighted by molar-refractivity contribution is 0.0532. The molecule has 0 aromatic heterocycles. The Bertz CT molecular complexity index is 1140. The summed E-state index contributed by atoms with van der Waals surface area (Å²) >= 11 is 0. The van der Waals surface area contributed by atoms with Crippen LogP contribution in [-0.4, -0.2) is 70.5 Å². The van der Waals surface area contributed by atoms with Crippen molar-refractivity contribution < 1.29 is 28.0 Å². The highest BCUT2D eigenvalue weighted by atomic mass is 19.1. The van der Waals surface area contributed by atoms with Crippen molar-refractivity contribution in [1.82, 2.24) is 14.7 Å². The molecule has 1 saturated heterocycles. The molecule has 9 heteroatoms. The van der Waals surface area contributed by atoms with Gasteiger partial charge in [-0.1, -0.05) is 0 Å². The van der Waals surface area contributed by atoms with Crippen LogP contribution < -0.4 is 0 Å². The fraction of sp³-hybridized carbons (Fsp3) is 0.304. The van der Waals surface area contributed by atoms with Crippen LogP contribution in [0.1, 0.15) is 55.3 Å². The molecule has 32 heavy (non-hydrogen) atoms. The van der Waals surface area contributed by atoms with E-state index < -0.39 is 23.4 Å². The van der Waals surface area contributed by atoms with Crippen molar-refractivity contribution in [2.45, 2.75) is 19.9 Å². The van der Waals surface area contributed by atoms with E-state index in [0.29, 0.717) is 6.07 Å². The number of carbonyl (C=O) groups is 4. The minimum atomic E-state index is -0.929. The highest BCUT2D eigenvalue weighted by molar-refractivity contribution is 6.22. The van der Waals surface area contributed by atoms with Crippen LogP contribution in [0.3, 0.4) is 0 Å². The zero-order valence-corrected chi connectivity index (χ0v) is 17.6. The fourth-order valence-electron chi connectivity index (χ4n) is 3.99. The van der Waals surface area contributed by atoms with E-state index in [0.717, 1.165) is 17.0 Å². The van der Waals surface area contributed by atoms with Gasteiger partial charge in [-0.05, 0) is 44.2 Å². The number of hydrogen-bond donors (Lipinski definition) is 0. The van der Waals surface area contributed by atoms with Crippen LogP contribution in [0.4, 0.5) is 8.78 Å². The van der Waals surface area contributed by atoms with Crippen LogP contribution in [0.25, 0.3) is 0 Å². The van der Waals surface area contributed by atoms with Crippen molar-refractivity contribution >= 4 is 23.6 Å². The molecular weight excluding hydrogens is 420 g/mol. The normalized spacial score (nSPS) is 16.1. The third kappa shape index (κ3) is 3.63. The number of benzene rings is 2. The third-order valence-electron chi connectivity index (χ3n) is 5.70. The van der Waals surface area contributed by atoms with E-state index >= 15 is 0 Å². The molecule has 0 unspecified atom stereocenters. The van der Waals surface area contributed by atoms with E-state index in [1.54, 1.807) is 13.8 Å². The van der Waals surface area contributed by atoms with Gasteiger partial charge in [0, 0.05) is 43.9 Å². The molecule has 2 aliphatic heterocycles. The maximum absolute atomic E-state index is 13.9. The van der Waals surface area contributed by atoms with E-state index in [9.17, 15) is 28.0 Å². The number of halogens is 2. The van der Waals surface area contributed by atoms with E-state index in [4.69, 9.17) is 0 Å². The van der Waals surface area contributed by atoms with Crippen LogP contribution in [0.15, 0.2) is 36.4 Å². The first-order chi connectivity index (χ1) is 15.2. The molecule has 7 nitrogen and oxygen atoms in total. The molecule has 0 atom stereocenters. The smallest absolute Gasteiger partial charge is 0.261 e. The second-order valence-electron chi connectivity index (χ2n) is 8.04. The van der Waals surface area contributed by atoms with Crippen LogP contribution in [0.5, 0.6) is 0 Å². The average molecular weight is 441 g/mol. The molecule has 1 fully saturated rings. The standard InChI is InChI=1S/C23H21F2N3O4/c1-13(2)28-22(31)16-5-3-14(11-18(16)23(28)32)20(29)26-7-9-27(10-8-26)21(30)17-6-4-15(24)12-19(17)25/h3-6,11-13H,7-10H2,1-2H3. The molecule has 4 amide bonds. The monoisotopic (exact) mass is 441 g/mol. The summed E-state index contributed by atoms with van der Waals surface area (Å²) in [5, 5.41) is 0. The summed E-state index contributed by atoms with van der Waals surface area (Å²) < 4.78 is 27.0. The van der Waals surface area contributed by atoms with Crippen molar-refractivity contribution in [2.75, 3.05) is 26.2 Å². The Labute approximate surface area is 183 Å². The van der Waals surface area contributed by atoms with Gasteiger partial charge in [-0.2, -0.15) is 0 Å². The summed E-state index contributed by atoms with van der Waals surface area (Å²) in [6.45, 7) is 4.29. The highest BCUT2D eigenvalue weighted by Crippen LogP contribution is 2.26. The molecule has 0 N–H and O–H groups in total. The molecule has 2 aromatic carbocycles. The molecular formula is C23H21F2N3O4. The molecule has 0 radical (unpaired) electrons. The Morgan fingerprint density at radius 1 is 0.812 bits per heavy atom. The van der Waals surface area contributed by atoms with Gasteiger partial charge in [-0.3, -0.25) is 24.1 Å². The Hall–Kier alpha value is -3.62. The summed E-state index contributed by atoms with van der Waals surface area (Å²) in [5.41, 5.74) is 0.537. The van der Waals surface area contributed by atoms with Gasteiger partial charge in [0.15, 0.2) is 0 Å². The maximum Gasteiger partial charge on any atom is 0.261 e. The quantitative estimate of drug-likeness (QED) is 0.686. The van der Waals surface area contributed by atoms with Crippen molar-refractivity contribution in [3.05, 3.63) is 70.3 Å². The van der Waals surface area contributed by atoms with Gasteiger partial charge in [0.25, 0.3) is 23.6 Å². The largest absolute Gasteiger partial charge is 0.335 e. The van der Waals surface area contributed by atoms with E-state index in [-0.39, 0.29) is 66.3 Å². The molecule has 0 aliphatic carbocycles. The van der Waals surface area contributed by atoms with Gasteiger partial charge >= 0.3 is 0 Å². The van der Waals surface area contributed by atoms with Crippen molar-refractivity contribution in [3.63, 3.8) is 0 Å². The van der Waals surface area contributed by atoms with E-state index in [2.05, 4.69) is 0 Å². The molecule has 4 rings (SSSR count). The van der Waals surface area contributed by atoms with E-state index in [1.807, 2.05) is 0 Å². The summed E-state index contributed by atoms with van der Waals surface area (Å²) in [5.74, 6) is -3.38. The Balaban J connectivity index is 1.45. The second-order valence-corrected chi connectivity index (χ2v) is 8.04. The van der Waals surface area contributed by atoms with E-state index in [1.165, 1.54) is 28.0 Å². The Morgan fingerprint density at radius 2 is 1.41 bits per heavy atom. The lowest BCUT2D eigenvalue weighted by Crippen LogP contribution is -2.50. The molecule has 0 spiro atoms. The first kappa shape index (κ1) is 21.6. The minimum Gasteiger partial charge on any atom is -0.335 e. The topological polar surface area (TPSA) is 78.0 Å². The number of imide groups is 1. The predicted molar refractivity (Wildman–Crippen MR) is 110 cm³/mol. The Kier molecular flexibility index (Phi) is 5.50. The average Bonchev–Trinajstić information content (AvgIpc) is 3.02. The zero-order chi connectivity index (χ0) is 23.2. The van der Waals surface area contributed by atoms with Crippen molar-refractivity contribution in [2.24, 2.45) is 0 Å². The number of hydrogen-bond acceptors (Lipinski definition) is 4. The number of amides is 4. The third-order valence-corrected chi connectivity index (χ3v) is 5.70. The highest BCUT2D eigenvalue weighted by Gasteiger charge is 2.38. The van der Waals surface area contributed by atoms with Gasteiger partial charge < -0.3 is 9.80 Å². The summed E-state index contributed by atoms with van der Waals surface area (Å²) in [6, 6.07) is 6.94. The van der Waals surface area contributed by atoms with Crippen molar-refractivity contribution in [1.29, 1.82) is 0 Å². The SMILES string of the molecule is CC(C)N1C(=O)c2ccc(C(=O)N3CCN(C(=O)c4ccc(F)cc4F)CC3)cc2C1=O. The summed E-state index contributed by atoms with van der Waals surface area (Å²) in [4.78, 5) is 54.6. The first-order valence-electron chi connectivity index (χ1n) is 10.2. The number of carbonyl (C=O) groups excluding carboxylic acids is 4. The van der Waals surface area contributed by atoms with Crippen molar-refractivity contribution in [3.8, 4) is 0 Å². The van der Waals surface area contributed by atoms with Crippen LogP contribution in [-0.2, 0) is 0 Å². The first-order valence-corrected chi connectivity index (χ1v) is 10.2.